The van der Waals surface area contributed by atoms with Crippen LogP contribution in [0.3, 0.4) is 0 Å². The zero-order valence-electron chi connectivity index (χ0n) is 17.7. The molecule has 2 aliphatic rings. The van der Waals surface area contributed by atoms with Crippen LogP contribution in [0.15, 0.2) is 24.0 Å². The lowest BCUT2D eigenvalue weighted by Gasteiger charge is -2.46. The number of aromatic nitrogens is 1. The van der Waals surface area contributed by atoms with Gasteiger partial charge in [0.2, 0.25) is 0 Å². The third-order valence-electron chi connectivity index (χ3n) is 6.80. The zero-order valence-corrected chi connectivity index (χ0v) is 18.5. The van der Waals surface area contributed by atoms with Crippen LogP contribution >= 0.6 is 11.6 Å². The minimum absolute atomic E-state index is 0.0329. The summed E-state index contributed by atoms with van der Waals surface area (Å²) in [7, 11) is 3.23. The molecule has 1 aromatic heterocycles. The summed E-state index contributed by atoms with van der Waals surface area (Å²) in [5.74, 6) is 0.938. The Kier molecular flexibility index (Phi) is 6.09. The molecule has 2 aliphatic heterocycles. The van der Waals surface area contributed by atoms with Crippen molar-refractivity contribution in [2.45, 2.75) is 32.2 Å². The Labute approximate surface area is 181 Å². The average Bonchev–Trinajstić information content (AvgIpc) is 3.17. The molecule has 3 heterocycles. The number of aliphatic hydroxyl groups is 1. The molecule has 0 aliphatic carbocycles. The van der Waals surface area contributed by atoms with E-state index in [1.54, 1.807) is 14.2 Å². The molecular formula is C23H29ClN2O4. The molecule has 2 aromatic rings. The second-order valence-electron chi connectivity index (χ2n) is 8.18. The molecule has 0 spiro atoms. The van der Waals surface area contributed by atoms with Gasteiger partial charge in [-0.3, -0.25) is 9.69 Å². The Balaban J connectivity index is 1.79. The number of aliphatic hydroxyl groups excluding tert-OH is 1. The molecular weight excluding hydrogens is 404 g/mol. The van der Waals surface area contributed by atoms with Gasteiger partial charge in [-0.05, 0) is 42.4 Å². The minimum Gasteiger partial charge on any atom is -0.504 e. The summed E-state index contributed by atoms with van der Waals surface area (Å²) in [6, 6.07) is 3.93. The van der Waals surface area contributed by atoms with Gasteiger partial charge in [0.25, 0.3) is 0 Å². The summed E-state index contributed by atoms with van der Waals surface area (Å²) < 4.78 is 10.8. The van der Waals surface area contributed by atoms with Crippen LogP contribution in [0.4, 0.5) is 0 Å². The van der Waals surface area contributed by atoms with Gasteiger partial charge in [-0.1, -0.05) is 24.9 Å². The van der Waals surface area contributed by atoms with Gasteiger partial charge in [-0.15, -0.1) is 0 Å². The van der Waals surface area contributed by atoms with Crippen LogP contribution in [0.2, 0.25) is 5.02 Å². The van der Waals surface area contributed by atoms with Gasteiger partial charge < -0.3 is 19.6 Å². The second kappa shape index (κ2) is 8.61. The molecule has 0 amide bonds. The van der Waals surface area contributed by atoms with Crippen LogP contribution in [0.5, 0.6) is 5.75 Å². The number of carbonyl (C=O) groups is 1. The molecule has 0 bridgehead atoms. The molecule has 1 saturated heterocycles. The molecule has 30 heavy (non-hydrogen) atoms. The fourth-order valence-electron chi connectivity index (χ4n) is 5.35. The number of rotatable bonds is 6. The van der Waals surface area contributed by atoms with E-state index in [4.69, 9.17) is 21.1 Å². The summed E-state index contributed by atoms with van der Waals surface area (Å²) in [6.07, 6.45) is 4.21. The van der Waals surface area contributed by atoms with Crippen molar-refractivity contribution in [3.8, 4) is 5.75 Å². The molecule has 4 rings (SSSR count). The van der Waals surface area contributed by atoms with Gasteiger partial charge in [0.05, 0.1) is 37.1 Å². The number of hydrogen-bond acceptors (Lipinski definition) is 5. The monoisotopic (exact) mass is 432 g/mol. The lowest BCUT2D eigenvalue weighted by atomic mass is 9.73. The van der Waals surface area contributed by atoms with E-state index in [9.17, 15) is 9.90 Å². The van der Waals surface area contributed by atoms with Gasteiger partial charge in [0, 0.05) is 29.7 Å². The Morgan fingerprint density at radius 1 is 1.40 bits per heavy atom. The van der Waals surface area contributed by atoms with Gasteiger partial charge in [0.1, 0.15) is 12.4 Å². The standard InChI is InChI=1S/C23H29ClN2O4/c1-4-13-10-26-8-7-14-21-20(30-3)6-5-17(24)23(21)25-22(14)18(26)9-15(13)16(12-29-2)19(28)11-27/h5-6,12-13,15,18,25,27H,4,7-11H2,1-3H3/b16-12+/t13-,15+,18+/m1/s1. The first-order valence-electron chi connectivity index (χ1n) is 10.5. The number of ketones is 1. The number of methoxy groups -OCH3 is 2. The van der Waals surface area contributed by atoms with Crippen molar-refractivity contribution in [2.75, 3.05) is 33.9 Å². The fraction of sp³-hybridized carbons (Fsp3) is 0.522. The summed E-state index contributed by atoms with van der Waals surface area (Å²) in [6.45, 7) is 3.53. The quantitative estimate of drug-likeness (QED) is 0.535. The number of piperidine rings is 1. The Bertz CT molecular complexity index is 983. The maximum Gasteiger partial charge on any atom is 0.187 e. The number of carbonyl (C=O) groups excluding carboxylic acids is 1. The van der Waals surface area contributed by atoms with Crippen LogP contribution in [0, 0.1) is 11.8 Å². The number of H-pyrrole nitrogens is 1. The number of hydrogen-bond donors (Lipinski definition) is 2. The number of Topliss-reactive ketones (excluding diaryl/α,β-unsaturated/α-hetero) is 1. The highest BCUT2D eigenvalue weighted by atomic mass is 35.5. The smallest absolute Gasteiger partial charge is 0.187 e. The van der Waals surface area contributed by atoms with Gasteiger partial charge in [-0.2, -0.15) is 0 Å². The van der Waals surface area contributed by atoms with Crippen LogP contribution in [0.25, 0.3) is 10.9 Å². The molecule has 0 saturated carbocycles. The van der Waals surface area contributed by atoms with E-state index in [0.717, 1.165) is 54.7 Å². The van der Waals surface area contributed by atoms with Crippen molar-refractivity contribution in [3.05, 3.63) is 40.2 Å². The molecule has 0 radical (unpaired) electrons. The number of nitrogens with one attached hydrogen (secondary N) is 1. The number of nitrogens with zero attached hydrogens (tertiary/aromatic N) is 1. The SMILES string of the molecule is CC[C@@H]1CN2CCc3c([nH]c4c(Cl)ccc(OC)c34)[C@@H]2C[C@@H]1/C(=C\OC)C(=O)CO. The predicted molar refractivity (Wildman–Crippen MR) is 117 cm³/mol. The normalized spacial score (nSPS) is 24.4. The number of fused-ring (bicyclic) bond motifs is 5. The Hall–Kier alpha value is -2.02. The van der Waals surface area contributed by atoms with Gasteiger partial charge in [0.15, 0.2) is 5.78 Å². The zero-order chi connectivity index (χ0) is 21.4. The number of aromatic amines is 1. The van der Waals surface area contributed by atoms with Crippen molar-refractivity contribution < 1.29 is 19.4 Å². The van der Waals surface area contributed by atoms with E-state index in [-0.39, 0.29) is 17.7 Å². The molecule has 2 N–H and O–H groups in total. The highest BCUT2D eigenvalue weighted by molar-refractivity contribution is 6.35. The lowest BCUT2D eigenvalue weighted by molar-refractivity contribution is -0.119. The van der Waals surface area contributed by atoms with Crippen molar-refractivity contribution in [3.63, 3.8) is 0 Å². The first-order valence-corrected chi connectivity index (χ1v) is 10.9. The molecule has 0 unspecified atom stereocenters. The maximum atomic E-state index is 12.5. The van der Waals surface area contributed by atoms with Crippen molar-refractivity contribution in [2.24, 2.45) is 11.8 Å². The number of halogens is 1. The van der Waals surface area contributed by atoms with Crippen molar-refractivity contribution in [1.29, 1.82) is 0 Å². The van der Waals surface area contributed by atoms with Crippen LogP contribution in [0.1, 0.15) is 37.1 Å². The van der Waals surface area contributed by atoms with Crippen molar-refractivity contribution in [1.82, 2.24) is 9.88 Å². The molecule has 7 heteroatoms. The average molecular weight is 433 g/mol. The first-order chi connectivity index (χ1) is 14.5. The van der Waals surface area contributed by atoms with E-state index in [1.807, 2.05) is 12.1 Å². The molecule has 1 aromatic carbocycles. The lowest BCUT2D eigenvalue weighted by Crippen LogP contribution is -2.47. The highest BCUT2D eigenvalue weighted by Crippen LogP contribution is 2.47. The van der Waals surface area contributed by atoms with E-state index >= 15 is 0 Å². The van der Waals surface area contributed by atoms with Gasteiger partial charge >= 0.3 is 0 Å². The summed E-state index contributed by atoms with van der Waals surface area (Å²) >= 11 is 6.51. The van der Waals surface area contributed by atoms with E-state index in [0.29, 0.717) is 16.5 Å². The summed E-state index contributed by atoms with van der Waals surface area (Å²) in [4.78, 5) is 18.6. The molecule has 162 valence electrons. The fourth-order valence-corrected chi connectivity index (χ4v) is 5.56. The molecule has 6 nitrogen and oxygen atoms in total. The van der Waals surface area contributed by atoms with E-state index in [2.05, 4.69) is 16.8 Å². The summed E-state index contributed by atoms with van der Waals surface area (Å²) in [5, 5.41) is 11.2. The highest BCUT2D eigenvalue weighted by Gasteiger charge is 2.42. The Morgan fingerprint density at radius 3 is 2.87 bits per heavy atom. The van der Waals surface area contributed by atoms with Crippen LogP contribution in [-0.2, 0) is 16.0 Å². The van der Waals surface area contributed by atoms with Crippen molar-refractivity contribution >= 4 is 28.3 Å². The number of ether oxygens (including phenoxy) is 2. The van der Waals surface area contributed by atoms with Crippen LogP contribution < -0.4 is 4.74 Å². The third-order valence-corrected chi connectivity index (χ3v) is 7.11. The number of benzene rings is 1. The first kappa shape index (κ1) is 21.2. The van der Waals surface area contributed by atoms with E-state index in [1.165, 1.54) is 11.8 Å². The second-order valence-corrected chi connectivity index (χ2v) is 8.59. The van der Waals surface area contributed by atoms with E-state index < -0.39 is 6.61 Å². The largest absolute Gasteiger partial charge is 0.504 e. The third kappa shape index (κ3) is 3.41. The molecule has 1 fully saturated rings. The maximum absolute atomic E-state index is 12.5. The summed E-state index contributed by atoms with van der Waals surface area (Å²) in [5.41, 5.74) is 3.92. The Morgan fingerprint density at radius 2 is 2.20 bits per heavy atom. The van der Waals surface area contributed by atoms with Crippen LogP contribution in [-0.4, -0.2) is 54.7 Å². The topological polar surface area (TPSA) is 74.8 Å². The predicted octanol–water partition coefficient (Wildman–Crippen LogP) is 3.87. The molecule has 3 atom stereocenters. The minimum atomic E-state index is -0.499. The van der Waals surface area contributed by atoms with Gasteiger partial charge in [-0.25, -0.2) is 0 Å².